The van der Waals surface area contributed by atoms with Crippen molar-refractivity contribution in [2.45, 2.75) is 26.7 Å². The van der Waals surface area contributed by atoms with E-state index in [1.807, 2.05) is 20.1 Å². The molecule has 0 aliphatic heterocycles. The maximum absolute atomic E-state index is 11.5. The first-order valence-corrected chi connectivity index (χ1v) is 7.07. The first kappa shape index (κ1) is 12.5. The van der Waals surface area contributed by atoms with Crippen molar-refractivity contribution in [3.05, 3.63) is 10.6 Å². The number of aryl methyl sites for hydroxylation is 2. The average Bonchev–Trinajstić information content (AvgIpc) is 2.46. The number of amides is 1. The minimum absolute atomic E-state index is 0.0674. The molecule has 0 aliphatic carbocycles. The Morgan fingerprint density at radius 3 is 2.80 bits per heavy atom. The van der Waals surface area contributed by atoms with Gasteiger partial charge in [-0.25, -0.2) is 4.98 Å². The van der Waals surface area contributed by atoms with Crippen molar-refractivity contribution in [1.82, 2.24) is 4.98 Å². The zero-order valence-electron chi connectivity index (χ0n) is 9.29. The molecule has 84 valence electrons. The lowest BCUT2D eigenvalue weighted by atomic mass is 10.3. The quantitative estimate of drug-likeness (QED) is 0.810. The molecule has 0 bridgehead atoms. The molecule has 0 saturated carbocycles. The molecule has 3 nitrogen and oxygen atoms in total. The third-order valence-corrected chi connectivity index (χ3v) is 3.71. The van der Waals surface area contributed by atoms with Crippen molar-refractivity contribution in [1.29, 1.82) is 0 Å². The van der Waals surface area contributed by atoms with Crippen LogP contribution in [0.2, 0.25) is 0 Å². The van der Waals surface area contributed by atoms with Gasteiger partial charge in [-0.15, -0.1) is 11.3 Å². The molecular weight excluding hydrogens is 228 g/mol. The Morgan fingerprint density at radius 1 is 1.53 bits per heavy atom. The number of carbonyl (C=O) groups excluding carboxylic acids is 1. The van der Waals surface area contributed by atoms with Crippen LogP contribution >= 0.6 is 23.1 Å². The van der Waals surface area contributed by atoms with Crippen molar-refractivity contribution >= 4 is 34.1 Å². The Hall–Kier alpha value is -0.550. The van der Waals surface area contributed by atoms with Crippen LogP contribution in [0.15, 0.2) is 0 Å². The van der Waals surface area contributed by atoms with Crippen LogP contribution in [0.3, 0.4) is 0 Å². The lowest BCUT2D eigenvalue weighted by Crippen LogP contribution is -2.11. The molecule has 0 aliphatic rings. The molecule has 0 fully saturated rings. The van der Waals surface area contributed by atoms with Gasteiger partial charge >= 0.3 is 0 Å². The number of thioether (sulfide) groups is 1. The summed E-state index contributed by atoms with van der Waals surface area (Å²) in [5.41, 5.74) is 0.999. The number of aromatic nitrogens is 1. The number of nitrogens with zero attached hydrogens (tertiary/aromatic N) is 1. The van der Waals surface area contributed by atoms with Crippen molar-refractivity contribution in [2.24, 2.45) is 0 Å². The van der Waals surface area contributed by atoms with Crippen LogP contribution in [0, 0.1) is 13.8 Å². The van der Waals surface area contributed by atoms with E-state index in [1.165, 1.54) is 11.3 Å². The summed E-state index contributed by atoms with van der Waals surface area (Å²) < 4.78 is 0. The summed E-state index contributed by atoms with van der Waals surface area (Å²) in [4.78, 5) is 16.9. The maximum atomic E-state index is 11.5. The van der Waals surface area contributed by atoms with E-state index in [0.29, 0.717) is 6.42 Å². The number of rotatable bonds is 5. The number of nitrogens with one attached hydrogen (secondary N) is 1. The summed E-state index contributed by atoms with van der Waals surface area (Å²) in [6.45, 7) is 3.96. The summed E-state index contributed by atoms with van der Waals surface area (Å²) in [6, 6.07) is 0. The summed E-state index contributed by atoms with van der Waals surface area (Å²) in [5, 5.41) is 3.54. The highest BCUT2D eigenvalue weighted by atomic mass is 32.2. The molecule has 1 rings (SSSR count). The number of thiazole rings is 1. The van der Waals surface area contributed by atoms with Gasteiger partial charge in [0.2, 0.25) is 5.91 Å². The number of carbonyl (C=O) groups is 1. The standard InChI is InChI=1S/C10H16N2OS2/c1-7-8(2)15-10(11-7)12-9(13)5-4-6-14-3/h4-6H2,1-3H3,(H,11,12,13). The molecule has 0 saturated heterocycles. The highest BCUT2D eigenvalue weighted by Gasteiger charge is 2.07. The van der Waals surface area contributed by atoms with Crippen molar-refractivity contribution in [2.75, 3.05) is 17.3 Å². The molecule has 15 heavy (non-hydrogen) atoms. The van der Waals surface area contributed by atoms with Crippen LogP contribution in [0.5, 0.6) is 0 Å². The number of anilines is 1. The van der Waals surface area contributed by atoms with Crippen molar-refractivity contribution in [3.63, 3.8) is 0 Å². The highest BCUT2D eigenvalue weighted by molar-refractivity contribution is 7.98. The third kappa shape index (κ3) is 4.22. The second-order valence-electron chi connectivity index (χ2n) is 3.31. The zero-order chi connectivity index (χ0) is 11.3. The SMILES string of the molecule is CSCCCC(=O)Nc1nc(C)c(C)s1. The Balaban J connectivity index is 2.37. The molecule has 5 heteroatoms. The number of hydrogen-bond acceptors (Lipinski definition) is 4. The van der Waals surface area contributed by atoms with Crippen molar-refractivity contribution in [3.8, 4) is 0 Å². The first-order chi connectivity index (χ1) is 7.13. The highest BCUT2D eigenvalue weighted by Crippen LogP contribution is 2.21. The summed E-state index contributed by atoms with van der Waals surface area (Å²) in [7, 11) is 0. The van der Waals surface area contributed by atoms with Gasteiger partial charge in [0.05, 0.1) is 5.69 Å². The van der Waals surface area contributed by atoms with Gasteiger partial charge in [-0.05, 0) is 32.3 Å². The van der Waals surface area contributed by atoms with Gasteiger partial charge in [0.25, 0.3) is 0 Å². The van der Waals surface area contributed by atoms with Gasteiger partial charge in [0.15, 0.2) is 5.13 Å². The van der Waals surface area contributed by atoms with Gasteiger partial charge in [0.1, 0.15) is 0 Å². The largest absolute Gasteiger partial charge is 0.302 e. The van der Waals surface area contributed by atoms with E-state index in [2.05, 4.69) is 10.3 Å². The Morgan fingerprint density at radius 2 is 2.27 bits per heavy atom. The Bertz CT molecular complexity index is 317. The molecule has 0 aromatic carbocycles. The maximum Gasteiger partial charge on any atom is 0.226 e. The lowest BCUT2D eigenvalue weighted by molar-refractivity contribution is -0.116. The molecular formula is C10H16N2OS2. The van der Waals surface area contributed by atoms with Gasteiger partial charge in [-0.3, -0.25) is 4.79 Å². The van der Waals surface area contributed by atoms with Crippen LogP contribution in [-0.2, 0) is 4.79 Å². The molecule has 1 amide bonds. The average molecular weight is 244 g/mol. The van der Waals surface area contributed by atoms with Crippen LogP contribution in [0.1, 0.15) is 23.4 Å². The molecule has 1 heterocycles. The second-order valence-corrected chi connectivity index (χ2v) is 5.49. The van der Waals surface area contributed by atoms with Crippen LogP contribution in [-0.4, -0.2) is 22.9 Å². The third-order valence-electron chi connectivity index (χ3n) is 2.03. The summed E-state index contributed by atoms with van der Waals surface area (Å²) in [5.74, 6) is 1.10. The predicted molar refractivity (Wildman–Crippen MR) is 67.8 cm³/mol. The van der Waals surface area contributed by atoms with E-state index in [0.717, 1.165) is 27.9 Å². The van der Waals surface area contributed by atoms with E-state index in [4.69, 9.17) is 0 Å². The minimum atomic E-state index is 0.0674. The summed E-state index contributed by atoms with van der Waals surface area (Å²) >= 11 is 3.30. The van der Waals surface area contributed by atoms with E-state index < -0.39 is 0 Å². The minimum Gasteiger partial charge on any atom is -0.302 e. The summed E-state index contributed by atoms with van der Waals surface area (Å²) in [6.07, 6.45) is 3.56. The van der Waals surface area contributed by atoms with E-state index in [-0.39, 0.29) is 5.91 Å². The van der Waals surface area contributed by atoms with E-state index in [1.54, 1.807) is 11.8 Å². The van der Waals surface area contributed by atoms with E-state index in [9.17, 15) is 4.79 Å². The molecule has 0 radical (unpaired) electrons. The van der Waals surface area contributed by atoms with Gasteiger partial charge in [-0.2, -0.15) is 11.8 Å². The predicted octanol–water partition coefficient (Wildman–Crippen LogP) is 2.84. The fourth-order valence-corrected chi connectivity index (χ4v) is 2.35. The second kappa shape index (κ2) is 6.12. The van der Waals surface area contributed by atoms with Crippen LogP contribution in [0.4, 0.5) is 5.13 Å². The van der Waals surface area contributed by atoms with Gasteiger partial charge in [-0.1, -0.05) is 0 Å². The van der Waals surface area contributed by atoms with Crippen molar-refractivity contribution < 1.29 is 4.79 Å². The first-order valence-electron chi connectivity index (χ1n) is 4.86. The lowest BCUT2D eigenvalue weighted by Gasteiger charge is -2.00. The Kier molecular flexibility index (Phi) is 5.11. The fraction of sp³-hybridized carbons (Fsp3) is 0.600. The van der Waals surface area contributed by atoms with E-state index >= 15 is 0 Å². The van der Waals surface area contributed by atoms with Crippen LogP contribution in [0.25, 0.3) is 0 Å². The molecule has 0 spiro atoms. The smallest absolute Gasteiger partial charge is 0.226 e. The fourth-order valence-electron chi connectivity index (χ4n) is 1.09. The number of hydrogen-bond donors (Lipinski definition) is 1. The molecule has 1 aromatic heterocycles. The molecule has 0 unspecified atom stereocenters. The zero-order valence-corrected chi connectivity index (χ0v) is 10.9. The Labute approximate surface area is 98.7 Å². The molecule has 1 N–H and O–H groups in total. The van der Waals surface area contributed by atoms with Crippen LogP contribution < -0.4 is 5.32 Å². The van der Waals surface area contributed by atoms with Gasteiger partial charge in [0, 0.05) is 11.3 Å². The molecule has 1 aromatic rings. The van der Waals surface area contributed by atoms with Gasteiger partial charge < -0.3 is 5.32 Å². The topological polar surface area (TPSA) is 42.0 Å². The normalized spacial score (nSPS) is 10.3. The monoisotopic (exact) mass is 244 g/mol. The molecule has 0 atom stereocenters.